The lowest BCUT2D eigenvalue weighted by atomic mass is 9.95. The number of nitro groups is 1. The van der Waals surface area contributed by atoms with Gasteiger partial charge in [0.05, 0.1) is 23.1 Å². The third-order valence-corrected chi connectivity index (χ3v) is 5.57. The molecule has 0 bridgehead atoms. The van der Waals surface area contributed by atoms with Crippen molar-refractivity contribution in [2.24, 2.45) is 0 Å². The smallest absolute Gasteiger partial charge is 0.295 e. The number of Topliss-reactive ketones (excluding diaryl/α,β-unsaturated/α-hetero) is 1. The maximum absolute atomic E-state index is 13.1. The molecule has 8 heteroatoms. The normalized spacial score (nSPS) is 17.1. The largest absolute Gasteiger partial charge is 0.507 e. The Labute approximate surface area is 195 Å². The van der Waals surface area contributed by atoms with Crippen LogP contribution >= 0.6 is 0 Å². The zero-order chi connectivity index (χ0) is 24.2. The van der Waals surface area contributed by atoms with Gasteiger partial charge in [-0.1, -0.05) is 42.5 Å². The number of ether oxygens (including phenoxy) is 1. The van der Waals surface area contributed by atoms with Gasteiger partial charge in [-0.2, -0.15) is 0 Å². The van der Waals surface area contributed by atoms with Gasteiger partial charge in [-0.3, -0.25) is 19.7 Å². The van der Waals surface area contributed by atoms with Crippen LogP contribution in [0.3, 0.4) is 0 Å². The zero-order valence-corrected chi connectivity index (χ0v) is 18.4. The van der Waals surface area contributed by atoms with Crippen molar-refractivity contribution in [3.8, 4) is 5.75 Å². The molecule has 1 fully saturated rings. The second-order valence-corrected chi connectivity index (χ2v) is 7.72. The Morgan fingerprint density at radius 1 is 1.03 bits per heavy atom. The SMILES string of the molecule is CCOc1cccc(/C(O)=C2\C(=O)C(=O)N(Cc3ccccc3)C2c2ccc([N+](=O)[O-])cc2)c1. The summed E-state index contributed by atoms with van der Waals surface area (Å²) in [4.78, 5) is 38.2. The van der Waals surface area contributed by atoms with Crippen LogP contribution in [-0.4, -0.2) is 33.2 Å². The van der Waals surface area contributed by atoms with Crippen LogP contribution in [-0.2, 0) is 16.1 Å². The highest BCUT2D eigenvalue weighted by molar-refractivity contribution is 6.46. The summed E-state index contributed by atoms with van der Waals surface area (Å²) in [5.74, 6) is -1.40. The number of carbonyl (C=O) groups is 2. The summed E-state index contributed by atoms with van der Waals surface area (Å²) in [7, 11) is 0. The summed E-state index contributed by atoms with van der Waals surface area (Å²) in [6, 6.07) is 20.5. The lowest BCUT2D eigenvalue weighted by Gasteiger charge is -2.25. The number of aliphatic hydroxyl groups excluding tert-OH is 1. The molecule has 0 radical (unpaired) electrons. The molecular weight excluding hydrogens is 436 g/mol. The summed E-state index contributed by atoms with van der Waals surface area (Å²) >= 11 is 0. The van der Waals surface area contributed by atoms with E-state index in [1.807, 2.05) is 37.3 Å². The molecule has 1 saturated heterocycles. The summed E-state index contributed by atoms with van der Waals surface area (Å²) < 4.78 is 5.49. The van der Waals surface area contributed by atoms with E-state index in [9.17, 15) is 24.8 Å². The van der Waals surface area contributed by atoms with E-state index in [2.05, 4.69) is 0 Å². The van der Waals surface area contributed by atoms with Crippen molar-refractivity contribution in [3.05, 3.63) is 111 Å². The molecular formula is C26H22N2O6. The van der Waals surface area contributed by atoms with Crippen LogP contribution in [0.1, 0.15) is 29.7 Å². The number of rotatable bonds is 7. The van der Waals surface area contributed by atoms with E-state index >= 15 is 0 Å². The predicted molar refractivity (Wildman–Crippen MR) is 125 cm³/mol. The minimum atomic E-state index is -0.920. The van der Waals surface area contributed by atoms with Crippen LogP contribution in [0.15, 0.2) is 84.4 Å². The standard InChI is InChI=1S/C26H22N2O6/c1-2-34-21-10-6-9-19(15-21)24(29)22-23(18-11-13-20(14-12-18)28(32)33)27(26(31)25(22)30)16-17-7-4-3-5-8-17/h3-15,23,29H,2,16H2,1H3/b24-22+. The summed E-state index contributed by atoms with van der Waals surface area (Å²) in [5, 5.41) is 22.3. The van der Waals surface area contributed by atoms with E-state index in [-0.39, 0.29) is 23.6 Å². The number of ketones is 1. The minimum absolute atomic E-state index is 0.0802. The van der Waals surface area contributed by atoms with Crippen molar-refractivity contribution in [2.75, 3.05) is 6.61 Å². The molecule has 1 aliphatic rings. The van der Waals surface area contributed by atoms with E-state index in [4.69, 9.17) is 4.74 Å². The van der Waals surface area contributed by atoms with Gasteiger partial charge in [0.25, 0.3) is 17.4 Å². The molecule has 0 aromatic heterocycles. The second kappa shape index (κ2) is 9.58. The molecule has 1 N–H and O–H groups in total. The first kappa shape index (κ1) is 22.7. The zero-order valence-electron chi connectivity index (χ0n) is 18.4. The molecule has 3 aromatic carbocycles. The van der Waals surface area contributed by atoms with Crippen LogP contribution in [0.25, 0.3) is 5.76 Å². The number of nitro benzene ring substituents is 1. The number of hydrogen-bond donors (Lipinski definition) is 1. The Bertz CT molecular complexity index is 1270. The monoisotopic (exact) mass is 458 g/mol. The molecule has 0 saturated carbocycles. The highest BCUT2D eigenvalue weighted by atomic mass is 16.6. The Morgan fingerprint density at radius 2 is 1.74 bits per heavy atom. The van der Waals surface area contributed by atoms with Crippen LogP contribution in [0, 0.1) is 10.1 Å². The van der Waals surface area contributed by atoms with Gasteiger partial charge in [0.15, 0.2) is 0 Å². The number of nitrogens with zero attached hydrogens (tertiary/aromatic N) is 2. The highest BCUT2D eigenvalue weighted by Gasteiger charge is 2.46. The fourth-order valence-electron chi connectivity index (χ4n) is 4.00. The van der Waals surface area contributed by atoms with E-state index in [1.54, 1.807) is 24.3 Å². The summed E-state index contributed by atoms with van der Waals surface area (Å²) in [5.41, 5.74) is 1.41. The van der Waals surface area contributed by atoms with Crippen molar-refractivity contribution in [3.63, 3.8) is 0 Å². The van der Waals surface area contributed by atoms with Gasteiger partial charge in [-0.15, -0.1) is 0 Å². The lowest BCUT2D eigenvalue weighted by Crippen LogP contribution is -2.29. The fraction of sp³-hybridized carbons (Fsp3) is 0.154. The Kier molecular flexibility index (Phi) is 6.40. The number of hydrogen-bond acceptors (Lipinski definition) is 6. The molecule has 8 nitrogen and oxygen atoms in total. The first-order valence-corrected chi connectivity index (χ1v) is 10.7. The maximum atomic E-state index is 13.1. The van der Waals surface area contributed by atoms with Gasteiger partial charge in [0.2, 0.25) is 0 Å². The topological polar surface area (TPSA) is 110 Å². The van der Waals surface area contributed by atoms with E-state index in [0.29, 0.717) is 23.5 Å². The Balaban J connectivity index is 1.85. The maximum Gasteiger partial charge on any atom is 0.295 e. The van der Waals surface area contributed by atoms with E-state index in [1.165, 1.54) is 29.2 Å². The Hall–Kier alpha value is -4.46. The van der Waals surface area contributed by atoms with Gasteiger partial charge >= 0.3 is 0 Å². The minimum Gasteiger partial charge on any atom is -0.507 e. The predicted octanol–water partition coefficient (Wildman–Crippen LogP) is 4.62. The van der Waals surface area contributed by atoms with Gasteiger partial charge < -0.3 is 14.7 Å². The molecule has 1 heterocycles. The fourth-order valence-corrected chi connectivity index (χ4v) is 4.00. The van der Waals surface area contributed by atoms with Crippen molar-refractivity contribution < 1.29 is 24.4 Å². The van der Waals surface area contributed by atoms with Gasteiger partial charge in [-0.25, -0.2) is 0 Å². The molecule has 1 aliphatic heterocycles. The van der Waals surface area contributed by atoms with Crippen LogP contribution in [0.5, 0.6) is 5.75 Å². The van der Waals surface area contributed by atoms with Crippen LogP contribution in [0.4, 0.5) is 5.69 Å². The number of likely N-dealkylation sites (tertiary alicyclic amines) is 1. The third-order valence-electron chi connectivity index (χ3n) is 5.57. The van der Waals surface area contributed by atoms with Crippen molar-refractivity contribution >= 4 is 23.1 Å². The number of non-ortho nitro benzene ring substituents is 1. The number of benzene rings is 3. The average molecular weight is 458 g/mol. The van der Waals surface area contributed by atoms with Crippen molar-refractivity contribution in [1.29, 1.82) is 0 Å². The molecule has 1 unspecified atom stereocenters. The molecule has 4 rings (SSSR count). The lowest BCUT2D eigenvalue weighted by molar-refractivity contribution is -0.384. The molecule has 0 aliphatic carbocycles. The molecule has 0 spiro atoms. The first-order valence-electron chi connectivity index (χ1n) is 10.7. The number of carbonyl (C=O) groups excluding carboxylic acids is 2. The van der Waals surface area contributed by atoms with Crippen LogP contribution < -0.4 is 4.74 Å². The molecule has 172 valence electrons. The summed E-state index contributed by atoms with van der Waals surface area (Å²) in [6.45, 7) is 2.38. The quantitative estimate of drug-likeness (QED) is 0.182. The number of amides is 1. The van der Waals surface area contributed by atoms with Gasteiger partial charge in [-0.05, 0) is 42.3 Å². The molecule has 1 atom stereocenters. The number of aliphatic hydroxyl groups is 1. The molecule has 3 aromatic rings. The molecule has 34 heavy (non-hydrogen) atoms. The van der Waals surface area contributed by atoms with E-state index < -0.39 is 22.7 Å². The van der Waals surface area contributed by atoms with Gasteiger partial charge in [0.1, 0.15) is 11.5 Å². The Morgan fingerprint density at radius 3 is 2.38 bits per heavy atom. The molecule has 1 amide bonds. The van der Waals surface area contributed by atoms with Gasteiger partial charge in [0, 0.05) is 24.2 Å². The van der Waals surface area contributed by atoms with Crippen molar-refractivity contribution in [2.45, 2.75) is 19.5 Å². The highest BCUT2D eigenvalue weighted by Crippen LogP contribution is 2.41. The third kappa shape index (κ3) is 4.38. The van der Waals surface area contributed by atoms with Crippen LogP contribution in [0.2, 0.25) is 0 Å². The van der Waals surface area contributed by atoms with Crippen molar-refractivity contribution in [1.82, 2.24) is 4.90 Å². The van der Waals surface area contributed by atoms with E-state index in [0.717, 1.165) is 5.56 Å². The first-order chi connectivity index (χ1) is 16.4. The average Bonchev–Trinajstić information content (AvgIpc) is 3.09. The summed E-state index contributed by atoms with van der Waals surface area (Å²) in [6.07, 6.45) is 0. The second-order valence-electron chi connectivity index (χ2n) is 7.72.